The van der Waals surface area contributed by atoms with Crippen molar-refractivity contribution in [1.82, 2.24) is 20.4 Å². The van der Waals surface area contributed by atoms with E-state index in [0.29, 0.717) is 6.04 Å². The summed E-state index contributed by atoms with van der Waals surface area (Å²) in [6.45, 7) is 12.5. The third-order valence-corrected chi connectivity index (χ3v) is 3.38. The molecule has 5 nitrogen and oxygen atoms in total. The summed E-state index contributed by atoms with van der Waals surface area (Å²) in [5.74, 6) is 0. The number of amides is 2. The van der Waals surface area contributed by atoms with Gasteiger partial charge in [0.2, 0.25) is 0 Å². The van der Waals surface area contributed by atoms with E-state index in [9.17, 15) is 4.79 Å². The highest BCUT2D eigenvalue weighted by atomic mass is 16.2. The van der Waals surface area contributed by atoms with Crippen LogP contribution in [-0.4, -0.2) is 66.7 Å². The molecular weight excluding hydrogens is 216 g/mol. The number of piperazine rings is 3. The van der Waals surface area contributed by atoms with Crippen molar-refractivity contribution in [3.63, 3.8) is 0 Å². The van der Waals surface area contributed by atoms with Crippen LogP contribution in [0.5, 0.6) is 0 Å². The van der Waals surface area contributed by atoms with Crippen molar-refractivity contribution in [3.8, 4) is 0 Å². The lowest BCUT2D eigenvalue weighted by Crippen LogP contribution is -2.64. The number of hydrogen-bond acceptors (Lipinski definition) is 3. The molecule has 3 heterocycles. The van der Waals surface area contributed by atoms with Crippen molar-refractivity contribution in [2.45, 2.75) is 32.4 Å². The third kappa shape index (κ3) is 3.57. The predicted molar refractivity (Wildman–Crippen MR) is 68.1 cm³/mol. The standard InChI is InChI=1S/C12H24N4O/c1-12(2,3)14-11(17)13-8-10-9-15-4-6-16(10)7-5-15/h10H,4-9H2,1-3H3,(H2,13,14,17). The van der Waals surface area contributed by atoms with Crippen LogP contribution < -0.4 is 10.6 Å². The third-order valence-electron chi connectivity index (χ3n) is 3.38. The van der Waals surface area contributed by atoms with E-state index in [1.807, 2.05) is 20.8 Å². The summed E-state index contributed by atoms with van der Waals surface area (Å²) in [5.41, 5.74) is -0.167. The van der Waals surface area contributed by atoms with Gasteiger partial charge in [0.05, 0.1) is 0 Å². The first-order valence-corrected chi connectivity index (χ1v) is 6.46. The normalized spacial score (nSPS) is 32.3. The molecule has 3 fully saturated rings. The maximum absolute atomic E-state index is 11.7. The highest BCUT2D eigenvalue weighted by molar-refractivity contribution is 5.74. The minimum Gasteiger partial charge on any atom is -0.337 e. The van der Waals surface area contributed by atoms with Crippen molar-refractivity contribution < 1.29 is 4.79 Å². The van der Waals surface area contributed by atoms with Crippen LogP contribution in [0.1, 0.15) is 20.8 Å². The molecule has 2 amide bonds. The van der Waals surface area contributed by atoms with Gasteiger partial charge in [-0.15, -0.1) is 0 Å². The molecule has 98 valence electrons. The second-order valence-electron chi connectivity index (χ2n) is 6.08. The van der Waals surface area contributed by atoms with E-state index in [-0.39, 0.29) is 11.6 Å². The van der Waals surface area contributed by atoms with Crippen molar-refractivity contribution in [2.24, 2.45) is 0 Å². The Morgan fingerprint density at radius 3 is 2.35 bits per heavy atom. The quantitative estimate of drug-likeness (QED) is 0.719. The number of urea groups is 1. The van der Waals surface area contributed by atoms with Crippen LogP contribution in [-0.2, 0) is 0 Å². The molecule has 17 heavy (non-hydrogen) atoms. The van der Waals surface area contributed by atoms with Crippen molar-refractivity contribution in [1.29, 1.82) is 0 Å². The number of fused-ring (bicyclic) bond motifs is 3. The first-order valence-electron chi connectivity index (χ1n) is 6.46. The molecule has 0 aromatic rings. The number of nitrogens with zero attached hydrogens (tertiary/aromatic N) is 2. The Hall–Kier alpha value is -0.810. The average molecular weight is 240 g/mol. The zero-order valence-electron chi connectivity index (χ0n) is 11.1. The molecule has 3 rings (SSSR count). The molecule has 2 bridgehead atoms. The van der Waals surface area contributed by atoms with Crippen molar-refractivity contribution >= 4 is 6.03 Å². The summed E-state index contributed by atoms with van der Waals surface area (Å²) < 4.78 is 0. The second-order valence-corrected chi connectivity index (χ2v) is 6.08. The smallest absolute Gasteiger partial charge is 0.315 e. The molecule has 0 aromatic heterocycles. The minimum absolute atomic E-state index is 0.0600. The molecule has 0 radical (unpaired) electrons. The lowest BCUT2D eigenvalue weighted by atomic mass is 10.1. The summed E-state index contributed by atoms with van der Waals surface area (Å²) >= 11 is 0. The van der Waals surface area contributed by atoms with Crippen LogP contribution in [0.25, 0.3) is 0 Å². The van der Waals surface area contributed by atoms with Gasteiger partial charge in [-0.05, 0) is 20.8 Å². The largest absolute Gasteiger partial charge is 0.337 e. The van der Waals surface area contributed by atoms with E-state index in [1.54, 1.807) is 0 Å². The zero-order chi connectivity index (χ0) is 12.5. The Bertz CT molecular complexity index is 279. The lowest BCUT2D eigenvalue weighted by molar-refractivity contribution is 0.0147. The van der Waals surface area contributed by atoms with E-state index < -0.39 is 0 Å². The SMILES string of the molecule is CC(C)(C)NC(=O)NCC1CN2CCN1CC2. The molecule has 3 aliphatic heterocycles. The van der Waals surface area contributed by atoms with Gasteiger partial charge in [0.15, 0.2) is 0 Å². The van der Waals surface area contributed by atoms with Gasteiger partial charge in [0, 0.05) is 50.8 Å². The summed E-state index contributed by atoms with van der Waals surface area (Å²) in [6.07, 6.45) is 0. The number of hydrogen-bond donors (Lipinski definition) is 2. The van der Waals surface area contributed by atoms with E-state index >= 15 is 0 Å². The fraction of sp³-hybridized carbons (Fsp3) is 0.917. The predicted octanol–water partition coefficient (Wildman–Crippen LogP) is 0.0839. The summed E-state index contributed by atoms with van der Waals surface area (Å²) in [6, 6.07) is 0.429. The Kier molecular flexibility index (Phi) is 3.58. The van der Waals surface area contributed by atoms with Crippen LogP contribution >= 0.6 is 0 Å². The van der Waals surface area contributed by atoms with E-state index in [0.717, 1.165) is 26.2 Å². The van der Waals surface area contributed by atoms with Crippen LogP contribution in [0.15, 0.2) is 0 Å². The number of carbonyl (C=O) groups excluding carboxylic acids is 1. The molecule has 1 unspecified atom stereocenters. The second kappa shape index (κ2) is 4.82. The lowest BCUT2D eigenvalue weighted by Gasteiger charge is -2.47. The van der Waals surface area contributed by atoms with Gasteiger partial charge in [0.25, 0.3) is 0 Å². The minimum atomic E-state index is -0.167. The van der Waals surface area contributed by atoms with Crippen molar-refractivity contribution in [3.05, 3.63) is 0 Å². The first-order chi connectivity index (χ1) is 7.94. The Morgan fingerprint density at radius 1 is 1.24 bits per heavy atom. The summed E-state index contributed by atoms with van der Waals surface area (Å²) in [4.78, 5) is 16.6. The van der Waals surface area contributed by atoms with Gasteiger partial charge >= 0.3 is 6.03 Å². The molecular formula is C12H24N4O. The maximum atomic E-state index is 11.7. The van der Waals surface area contributed by atoms with Crippen LogP contribution in [0.3, 0.4) is 0 Å². The Morgan fingerprint density at radius 2 is 1.88 bits per heavy atom. The van der Waals surface area contributed by atoms with E-state index in [1.165, 1.54) is 13.1 Å². The molecule has 3 saturated heterocycles. The highest BCUT2D eigenvalue weighted by Gasteiger charge is 2.31. The summed E-state index contributed by atoms with van der Waals surface area (Å²) in [7, 11) is 0. The Balaban J connectivity index is 1.73. The van der Waals surface area contributed by atoms with Crippen LogP contribution in [0.4, 0.5) is 4.79 Å². The molecule has 1 atom stereocenters. The molecule has 0 saturated carbocycles. The number of carbonyl (C=O) groups is 1. The maximum Gasteiger partial charge on any atom is 0.315 e. The van der Waals surface area contributed by atoms with Crippen molar-refractivity contribution in [2.75, 3.05) is 39.3 Å². The highest BCUT2D eigenvalue weighted by Crippen LogP contribution is 2.14. The molecule has 0 spiro atoms. The molecule has 2 N–H and O–H groups in total. The zero-order valence-corrected chi connectivity index (χ0v) is 11.1. The average Bonchev–Trinajstić information content (AvgIpc) is 2.26. The monoisotopic (exact) mass is 240 g/mol. The summed E-state index contributed by atoms with van der Waals surface area (Å²) in [5, 5.41) is 5.90. The molecule has 0 aromatic carbocycles. The van der Waals surface area contributed by atoms with Gasteiger partial charge in [-0.3, -0.25) is 9.80 Å². The fourth-order valence-corrected chi connectivity index (χ4v) is 2.51. The van der Waals surface area contributed by atoms with Crippen LogP contribution in [0, 0.1) is 0 Å². The van der Waals surface area contributed by atoms with Gasteiger partial charge in [-0.25, -0.2) is 4.79 Å². The number of nitrogens with one attached hydrogen (secondary N) is 2. The van der Waals surface area contributed by atoms with E-state index in [2.05, 4.69) is 20.4 Å². The van der Waals surface area contributed by atoms with Crippen LogP contribution in [0.2, 0.25) is 0 Å². The number of rotatable bonds is 2. The van der Waals surface area contributed by atoms with Gasteiger partial charge in [0.1, 0.15) is 0 Å². The van der Waals surface area contributed by atoms with Gasteiger partial charge in [-0.1, -0.05) is 0 Å². The Labute approximate surface area is 104 Å². The molecule has 5 heteroatoms. The topological polar surface area (TPSA) is 47.6 Å². The van der Waals surface area contributed by atoms with Gasteiger partial charge in [-0.2, -0.15) is 0 Å². The van der Waals surface area contributed by atoms with E-state index in [4.69, 9.17) is 0 Å². The van der Waals surface area contributed by atoms with Gasteiger partial charge < -0.3 is 10.6 Å². The molecule has 3 aliphatic rings. The first kappa shape index (κ1) is 12.6. The molecule has 0 aliphatic carbocycles. The fourth-order valence-electron chi connectivity index (χ4n) is 2.51.